The number of aliphatic hydroxyl groups excluding tert-OH is 1. The molecule has 0 amide bonds. The standard InChI is InChI=1S/C19H22FIO3/c1-19-8-15(24-2)16-9-5-6-14(22)17(20)10(9)3-4-11(16)12(19)7-13(21)18(19)23/h3-6,11-13,15-16,18,22-23H,7-8H2,1-2H3/t11?,12?,13-,15+,16?,18+,19+/m1/s1. The van der Waals surface area contributed by atoms with Gasteiger partial charge in [-0.3, -0.25) is 0 Å². The Hall–Kier alpha value is -0.660. The number of ether oxygens (including phenoxy) is 1. The average molecular weight is 444 g/mol. The molecule has 1 aromatic rings. The molecule has 0 aromatic heterocycles. The summed E-state index contributed by atoms with van der Waals surface area (Å²) >= 11 is 2.36. The summed E-state index contributed by atoms with van der Waals surface area (Å²) in [5, 5.41) is 20.4. The lowest BCUT2D eigenvalue weighted by atomic mass is 9.56. The lowest BCUT2D eigenvalue weighted by Crippen LogP contribution is -2.49. The van der Waals surface area contributed by atoms with Crippen molar-refractivity contribution in [3.8, 4) is 5.75 Å². The number of phenols is 1. The Labute approximate surface area is 155 Å². The maximum absolute atomic E-state index is 14.4. The van der Waals surface area contributed by atoms with Gasteiger partial charge in [0.05, 0.1) is 12.2 Å². The molecule has 0 saturated heterocycles. The smallest absolute Gasteiger partial charge is 0.172 e. The number of hydrogen-bond donors (Lipinski definition) is 2. The van der Waals surface area contributed by atoms with Gasteiger partial charge in [-0.05, 0) is 36.3 Å². The van der Waals surface area contributed by atoms with Crippen molar-refractivity contribution in [2.45, 2.75) is 41.8 Å². The van der Waals surface area contributed by atoms with E-state index in [0.29, 0.717) is 11.5 Å². The molecule has 2 N–H and O–H groups in total. The Balaban J connectivity index is 1.84. The van der Waals surface area contributed by atoms with Gasteiger partial charge in [0.2, 0.25) is 0 Å². The van der Waals surface area contributed by atoms with E-state index in [-0.39, 0.29) is 39.1 Å². The van der Waals surface area contributed by atoms with Crippen LogP contribution in [0.3, 0.4) is 0 Å². The minimum Gasteiger partial charge on any atom is -0.505 e. The van der Waals surface area contributed by atoms with Crippen LogP contribution >= 0.6 is 22.6 Å². The van der Waals surface area contributed by atoms with Crippen molar-refractivity contribution in [2.75, 3.05) is 7.11 Å². The molecule has 1 aromatic carbocycles. The van der Waals surface area contributed by atoms with E-state index in [4.69, 9.17) is 4.74 Å². The molecular formula is C19H22FIO3. The molecule has 0 radical (unpaired) electrons. The highest BCUT2D eigenvalue weighted by Crippen LogP contribution is 2.62. The summed E-state index contributed by atoms with van der Waals surface area (Å²) in [6, 6.07) is 3.27. The average Bonchev–Trinajstić information content (AvgIpc) is 2.80. The van der Waals surface area contributed by atoms with E-state index in [0.717, 1.165) is 18.4 Å². The van der Waals surface area contributed by atoms with Crippen LogP contribution < -0.4 is 0 Å². The molecular weight excluding hydrogens is 422 g/mol. The van der Waals surface area contributed by atoms with E-state index in [9.17, 15) is 14.6 Å². The molecule has 0 aliphatic heterocycles. The summed E-state index contributed by atoms with van der Waals surface area (Å²) in [7, 11) is 1.70. The van der Waals surface area contributed by atoms with Gasteiger partial charge in [-0.1, -0.05) is 47.7 Å². The minimum atomic E-state index is -0.552. The first-order valence-corrected chi connectivity index (χ1v) is 9.67. The van der Waals surface area contributed by atoms with Crippen molar-refractivity contribution in [2.24, 2.45) is 17.3 Å². The number of aromatic hydroxyl groups is 1. The van der Waals surface area contributed by atoms with Gasteiger partial charge >= 0.3 is 0 Å². The Morgan fingerprint density at radius 3 is 2.83 bits per heavy atom. The number of halogens is 2. The lowest BCUT2D eigenvalue weighted by Gasteiger charge is -2.51. The maximum Gasteiger partial charge on any atom is 0.172 e. The van der Waals surface area contributed by atoms with Crippen LogP contribution in [-0.4, -0.2) is 33.5 Å². The molecule has 3 aliphatic carbocycles. The number of hydrogen-bond acceptors (Lipinski definition) is 3. The fraction of sp³-hybridized carbons (Fsp3) is 0.579. The van der Waals surface area contributed by atoms with Crippen molar-refractivity contribution >= 4 is 28.7 Å². The first-order chi connectivity index (χ1) is 11.4. The van der Waals surface area contributed by atoms with Crippen LogP contribution in [0.25, 0.3) is 6.08 Å². The van der Waals surface area contributed by atoms with Crippen LogP contribution in [0.15, 0.2) is 18.2 Å². The zero-order chi connectivity index (χ0) is 17.2. The van der Waals surface area contributed by atoms with Crippen molar-refractivity contribution < 1.29 is 19.3 Å². The second-order valence-electron chi connectivity index (χ2n) is 7.65. The Morgan fingerprint density at radius 2 is 2.12 bits per heavy atom. The summed E-state index contributed by atoms with van der Waals surface area (Å²) < 4.78 is 20.4. The predicted octanol–water partition coefficient (Wildman–Crippen LogP) is 3.87. The monoisotopic (exact) mass is 444 g/mol. The van der Waals surface area contributed by atoms with Crippen molar-refractivity contribution in [1.82, 2.24) is 0 Å². The molecule has 5 heteroatoms. The highest BCUT2D eigenvalue weighted by Gasteiger charge is 2.59. The van der Waals surface area contributed by atoms with Gasteiger partial charge in [-0.25, -0.2) is 4.39 Å². The molecule has 0 heterocycles. The summed E-state index contributed by atoms with van der Waals surface area (Å²) in [6.07, 6.45) is 5.21. The predicted molar refractivity (Wildman–Crippen MR) is 98.8 cm³/mol. The number of fused-ring (bicyclic) bond motifs is 5. The lowest BCUT2D eigenvalue weighted by molar-refractivity contribution is -0.0786. The van der Waals surface area contributed by atoms with Crippen LogP contribution in [0.1, 0.15) is 36.8 Å². The largest absolute Gasteiger partial charge is 0.505 e. The Morgan fingerprint density at radius 1 is 1.38 bits per heavy atom. The van der Waals surface area contributed by atoms with Gasteiger partial charge in [-0.2, -0.15) is 0 Å². The molecule has 130 valence electrons. The zero-order valence-electron chi connectivity index (χ0n) is 13.7. The normalized spacial score (nSPS) is 43.2. The van der Waals surface area contributed by atoms with Crippen molar-refractivity contribution in [3.63, 3.8) is 0 Å². The molecule has 3 aliphatic rings. The maximum atomic E-state index is 14.4. The highest BCUT2D eigenvalue weighted by atomic mass is 127. The second-order valence-corrected chi connectivity index (χ2v) is 9.25. The Kier molecular flexibility index (Phi) is 3.97. The van der Waals surface area contributed by atoms with E-state index in [2.05, 4.69) is 35.6 Å². The third-order valence-electron chi connectivity index (χ3n) is 6.61. The van der Waals surface area contributed by atoms with Crippen molar-refractivity contribution in [1.29, 1.82) is 0 Å². The second kappa shape index (κ2) is 5.68. The molecule has 2 fully saturated rings. The van der Waals surface area contributed by atoms with Gasteiger partial charge in [-0.15, -0.1) is 0 Å². The Bertz CT molecular complexity index is 706. The van der Waals surface area contributed by atoms with E-state index in [1.165, 1.54) is 6.07 Å². The molecule has 2 saturated carbocycles. The molecule has 0 spiro atoms. The third-order valence-corrected chi connectivity index (χ3v) is 7.80. The SMILES string of the molecule is CO[C@H]1C[C@@]2(C)C(C[C@@H](I)[C@@H]2O)C2C=Cc3c(ccc(O)c3F)C21. The van der Waals surface area contributed by atoms with Crippen LogP contribution in [0.5, 0.6) is 5.75 Å². The number of methoxy groups -OCH3 is 1. The summed E-state index contributed by atoms with van der Waals surface area (Å²) in [4.78, 5) is 0. The van der Waals surface area contributed by atoms with E-state index < -0.39 is 5.82 Å². The van der Waals surface area contributed by atoms with Gasteiger partial charge in [0.25, 0.3) is 0 Å². The number of benzene rings is 1. The van der Waals surface area contributed by atoms with Crippen LogP contribution in [0.4, 0.5) is 4.39 Å². The number of allylic oxidation sites excluding steroid dienone is 1. The van der Waals surface area contributed by atoms with E-state index >= 15 is 0 Å². The van der Waals surface area contributed by atoms with Gasteiger partial charge in [0, 0.05) is 27.9 Å². The fourth-order valence-corrected chi connectivity index (χ4v) is 6.73. The molecule has 3 nitrogen and oxygen atoms in total. The summed E-state index contributed by atoms with van der Waals surface area (Å²) in [6.45, 7) is 2.17. The summed E-state index contributed by atoms with van der Waals surface area (Å²) in [5.41, 5.74) is 1.22. The molecule has 4 rings (SSSR count). The number of aliphatic hydroxyl groups is 1. The van der Waals surface area contributed by atoms with Gasteiger partial charge in [0.15, 0.2) is 11.6 Å². The number of alkyl halides is 1. The number of phenolic OH excluding ortho intramolecular Hbond substituents is 1. The molecule has 24 heavy (non-hydrogen) atoms. The molecule has 7 atom stereocenters. The van der Waals surface area contributed by atoms with Gasteiger partial charge < -0.3 is 14.9 Å². The fourth-order valence-electron chi connectivity index (χ4n) is 5.36. The summed E-state index contributed by atoms with van der Waals surface area (Å²) in [5.74, 6) is -0.220. The van der Waals surface area contributed by atoms with Crippen molar-refractivity contribution in [3.05, 3.63) is 35.2 Å². The van der Waals surface area contributed by atoms with Crippen LogP contribution in [-0.2, 0) is 4.74 Å². The van der Waals surface area contributed by atoms with E-state index in [1.54, 1.807) is 13.2 Å². The first-order valence-electron chi connectivity index (χ1n) is 8.43. The van der Waals surface area contributed by atoms with Gasteiger partial charge in [0.1, 0.15) is 0 Å². The van der Waals surface area contributed by atoms with Crippen LogP contribution in [0, 0.1) is 23.1 Å². The third kappa shape index (κ3) is 2.13. The highest BCUT2D eigenvalue weighted by molar-refractivity contribution is 14.1. The zero-order valence-corrected chi connectivity index (χ0v) is 15.9. The quantitative estimate of drug-likeness (QED) is 0.511. The number of rotatable bonds is 1. The van der Waals surface area contributed by atoms with Crippen LogP contribution in [0.2, 0.25) is 0 Å². The first kappa shape index (κ1) is 16.8. The topological polar surface area (TPSA) is 49.7 Å². The van der Waals surface area contributed by atoms with E-state index in [1.807, 2.05) is 6.07 Å². The minimum absolute atomic E-state index is 0.0667. The molecule has 3 unspecified atom stereocenters. The molecule has 0 bridgehead atoms.